The molecule has 1 fully saturated rings. The van der Waals surface area contributed by atoms with Gasteiger partial charge in [-0.15, -0.1) is 0 Å². The molecule has 0 spiro atoms. The Bertz CT molecular complexity index is 907. The Hall–Kier alpha value is -2.79. The summed E-state index contributed by atoms with van der Waals surface area (Å²) < 4.78 is 0. The summed E-state index contributed by atoms with van der Waals surface area (Å²) in [4.78, 5) is 13.8. The van der Waals surface area contributed by atoms with Gasteiger partial charge in [-0.25, -0.2) is 4.98 Å². The molecule has 2 heterocycles. The summed E-state index contributed by atoms with van der Waals surface area (Å²) >= 11 is 6.21. The van der Waals surface area contributed by atoms with Gasteiger partial charge in [-0.2, -0.15) is 4.98 Å². The smallest absolute Gasteiger partial charge is 0.227 e. The molecule has 0 radical (unpaired) electrons. The number of hydrogen-bond donors (Lipinski definition) is 1. The van der Waals surface area contributed by atoms with Crippen LogP contribution in [0.15, 0.2) is 60.8 Å². The van der Waals surface area contributed by atoms with Crippen molar-refractivity contribution in [1.82, 2.24) is 9.97 Å². The van der Waals surface area contributed by atoms with Crippen LogP contribution in [0.3, 0.4) is 0 Å². The molecule has 5 nitrogen and oxygen atoms in total. The fourth-order valence-electron chi connectivity index (χ4n) is 3.25. The van der Waals surface area contributed by atoms with E-state index < -0.39 is 0 Å². The van der Waals surface area contributed by atoms with Gasteiger partial charge in [0.2, 0.25) is 5.95 Å². The van der Waals surface area contributed by atoms with Gasteiger partial charge in [-0.05, 0) is 42.8 Å². The molecule has 1 aliphatic rings. The third-order valence-corrected chi connectivity index (χ3v) is 5.27. The van der Waals surface area contributed by atoms with Crippen molar-refractivity contribution in [3.8, 4) is 0 Å². The highest BCUT2D eigenvalue weighted by Crippen LogP contribution is 2.26. The molecule has 0 saturated carbocycles. The first-order chi connectivity index (χ1) is 13.2. The number of nitrogens with one attached hydrogen (secondary N) is 1. The van der Waals surface area contributed by atoms with Gasteiger partial charge in [-0.1, -0.05) is 35.9 Å². The molecule has 0 atom stereocenters. The zero-order valence-electron chi connectivity index (χ0n) is 15.3. The molecule has 138 valence electrons. The van der Waals surface area contributed by atoms with Crippen molar-refractivity contribution in [3.63, 3.8) is 0 Å². The molecule has 0 aliphatic carbocycles. The van der Waals surface area contributed by atoms with Gasteiger partial charge in [0, 0.05) is 48.8 Å². The predicted octanol–water partition coefficient (Wildman–Crippen LogP) is 4.51. The van der Waals surface area contributed by atoms with E-state index in [9.17, 15) is 0 Å². The molecule has 1 N–H and O–H groups in total. The molecule has 6 heteroatoms. The van der Waals surface area contributed by atoms with Gasteiger partial charge < -0.3 is 15.1 Å². The fourth-order valence-corrected chi connectivity index (χ4v) is 3.43. The number of anilines is 4. The predicted molar refractivity (Wildman–Crippen MR) is 112 cm³/mol. The molecule has 3 aromatic rings. The summed E-state index contributed by atoms with van der Waals surface area (Å²) in [6.07, 6.45) is 1.80. The minimum Gasteiger partial charge on any atom is -0.368 e. The number of rotatable bonds is 4. The SMILES string of the molecule is Cc1c(Cl)cccc1Nc1ccnc(N2CCN(c3ccccc3)CC2)n1. The second-order valence-electron chi connectivity index (χ2n) is 6.59. The summed E-state index contributed by atoms with van der Waals surface area (Å²) in [5.74, 6) is 1.53. The normalized spacial score (nSPS) is 14.3. The number of para-hydroxylation sites is 1. The van der Waals surface area contributed by atoms with Crippen LogP contribution in [0.1, 0.15) is 5.56 Å². The molecule has 4 rings (SSSR count). The Morgan fingerprint density at radius 3 is 2.41 bits per heavy atom. The van der Waals surface area contributed by atoms with Crippen molar-refractivity contribution >= 4 is 34.7 Å². The summed E-state index contributed by atoms with van der Waals surface area (Å²) in [6, 6.07) is 18.2. The van der Waals surface area contributed by atoms with Crippen molar-refractivity contribution in [3.05, 3.63) is 71.4 Å². The van der Waals surface area contributed by atoms with E-state index in [1.54, 1.807) is 6.20 Å². The Morgan fingerprint density at radius 2 is 1.63 bits per heavy atom. The Morgan fingerprint density at radius 1 is 0.889 bits per heavy atom. The third kappa shape index (κ3) is 3.98. The maximum atomic E-state index is 6.21. The zero-order valence-corrected chi connectivity index (χ0v) is 16.0. The number of aromatic nitrogens is 2. The zero-order chi connectivity index (χ0) is 18.6. The maximum Gasteiger partial charge on any atom is 0.227 e. The summed E-state index contributed by atoms with van der Waals surface area (Å²) in [5, 5.41) is 4.10. The van der Waals surface area contributed by atoms with Crippen molar-refractivity contribution < 1.29 is 0 Å². The van der Waals surface area contributed by atoms with Crippen LogP contribution in [-0.4, -0.2) is 36.1 Å². The highest BCUT2D eigenvalue weighted by atomic mass is 35.5. The standard InChI is InChI=1S/C21H22ClN5/c1-16-18(22)8-5-9-19(16)24-20-10-11-23-21(25-20)27-14-12-26(13-15-27)17-6-3-2-4-7-17/h2-11H,12-15H2,1H3,(H,23,24,25). The van der Waals surface area contributed by atoms with Gasteiger partial charge in [0.1, 0.15) is 5.82 Å². The highest BCUT2D eigenvalue weighted by molar-refractivity contribution is 6.31. The quantitative estimate of drug-likeness (QED) is 0.722. The van der Waals surface area contributed by atoms with Crippen LogP contribution in [0, 0.1) is 6.92 Å². The van der Waals surface area contributed by atoms with Crippen LogP contribution in [0.2, 0.25) is 5.02 Å². The lowest BCUT2D eigenvalue weighted by Gasteiger charge is -2.36. The Labute approximate surface area is 164 Å². The molecular formula is C21H22ClN5. The number of benzene rings is 2. The average Bonchev–Trinajstić information content (AvgIpc) is 2.72. The molecule has 27 heavy (non-hydrogen) atoms. The van der Waals surface area contributed by atoms with E-state index in [0.29, 0.717) is 0 Å². The molecular weight excluding hydrogens is 358 g/mol. The van der Waals surface area contributed by atoms with Crippen molar-refractivity contribution in [1.29, 1.82) is 0 Å². The summed E-state index contributed by atoms with van der Waals surface area (Å²) in [6.45, 7) is 5.70. The summed E-state index contributed by atoms with van der Waals surface area (Å²) in [5.41, 5.74) is 3.24. The number of piperazine rings is 1. The molecule has 1 saturated heterocycles. The largest absolute Gasteiger partial charge is 0.368 e. The van der Waals surface area contributed by atoms with E-state index >= 15 is 0 Å². The van der Waals surface area contributed by atoms with E-state index in [1.807, 2.05) is 37.3 Å². The lowest BCUT2D eigenvalue weighted by molar-refractivity contribution is 0.640. The van der Waals surface area contributed by atoms with Crippen LogP contribution in [-0.2, 0) is 0 Å². The monoisotopic (exact) mass is 379 g/mol. The van der Waals surface area contributed by atoms with Crippen molar-refractivity contribution in [2.24, 2.45) is 0 Å². The first kappa shape index (κ1) is 17.6. The molecule has 1 aliphatic heterocycles. The first-order valence-electron chi connectivity index (χ1n) is 9.11. The van der Waals surface area contributed by atoms with Crippen LogP contribution in [0.5, 0.6) is 0 Å². The van der Waals surface area contributed by atoms with E-state index in [4.69, 9.17) is 16.6 Å². The molecule has 0 bridgehead atoms. The van der Waals surface area contributed by atoms with Crippen molar-refractivity contribution in [2.45, 2.75) is 6.92 Å². The van der Waals surface area contributed by atoms with E-state index in [2.05, 4.69) is 44.4 Å². The number of halogens is 1. The second kappa shape index (κ2) is 7.84. The minimum absolute atomic E-state index is 0.742. The van der Waals surface area contributed by atoms with Crippen LogP contribution >= 0.6 is 11.6 Å². The topological polar surface area (TPSA) is 44.3 Å². The third-order valence-electron chi connectivity index (χ3n) is 4.86. The molecule has 0 unspecified atom stereocenters. The van der Waals surface area contributed by atoms with E-state index in [0.717, 1.165) is 54.2 Å². The van der Waals surface area contributed by atoms with E-state index in [1.165, 1.54) is 5.69 Å². The highest BCUT2D eigenvalue weighted by Gasteiger charge is 2.19. The van der Waals surface area contributed by atoms with Gasteiger partial charge in [0.05, 0.1) is 0 Å². The first-order valence-corrected chi connectivity index (χ1v) is 9.48. The lowest BCUT2D eigenvalue weighted by Crippen LogP contribution is -2.47. The Balaban J connectivity index is 1.45. The van der Waals surface area contributed by atoms with Crippen molar-refractivity contribution in [2.75, 3.05) is 41.3 Å². The van der Waals surface area contributed by atoms with Gasteiger partial charge in [-0.3, -0.25) is 0 Å². The van der Waals surface area contributed by atoms with Gasteiger partial charge >= 0.3 is 0 Å². The molecule has 0 amide bonds. The Kier molecular flexibility index (Phi) is 5.12. The van der Waals surface area contributed by atoms with E-state index in [-0.39, 0.29) is 0 Å². The fraction of sp³-hybridized carbons (Fsp3) is 0.238. The van der Waals surface area contributed by atoms with Gasteiger partial charge in [0.25, 0.3) is 0 Å². The second-order valence-corrected chi connectivity index (χ2v) is 7.00. The molecule has 2 aromatic carbocycles. The summed E-state index contributed by atoms with van der Waals surface area (Å²) in [7, 11) is 0. The lowest BCUT2D eigenvalue weighted by atomic mass is 10.2. The molecule has 1 aromatic heterocycles. The number of hydrogen-bond acceptors (Lipinski definition) is 5. The maximum absolute atomic E-state index is 6.21. The van der Waals surface area contributed by atoms with Crippen LogP contribution in [0.4, 0.5) is 23.1 Å². The minimum atomic E-state index is 0.742. The van der Waals surface area contributed by atoms with Crippen LogP contribution in [0.25, 0.3) is 0 Å². The average molecular weight is 380 g/mol. The van der Waals surface area contributed by atoms with Crippen LogP contribution < -0.4 is 15.1 Å². The number of nitrogens with zero attached hydrogens (tertiary/aromatic N) is 4. The van der Waals surface area contributed by atoms with Gasteiger partial charge in [0.15, 0.2) is 0 Å².